The second-order valence-corrected chi connectivity index (χ2v) is 4.56. The Kier molecular flexibility index (Phi) is 5.36. The molecule has 0 aliphatic carbocycles. The Bertz CT molecular complexity index is 304. The topological polar surface area (TPSA) is 29.9 Å². The van der Waals surface area contributed by atoms with E-state index in [1.54, 1.807) is 0 Å². The lowest BCUT2D eigenvalue weighted by molar-refractivity contribution is 0.476. The van der Waals surface area contributed by atoms with Crippen molar-refractivity contribution in [1.29, 1.82) is 0 Å². The number of anilines is 1. The molecule has 1 N–H and O–H groups in total. The molecule has 0 aliphatic rings. The summed E-state index contributed by atoms with van der Waals surface area (Å²) in [7, 11) is 1.93. The van der Waals surface area contributed by atoms with Crippen molar-refractivity contribution in [3.05, 3.63) is 11.9 Å². The highest BCUT2D eigenvalue weighted by molar-refractivity contribution is 5.28. The second kappa shape index (κ2) is 6.56. The maximum absolute atomic E-state index is 4.45. The Morgan fingerprint density at radius 3 is 2.75 bits per heavy atom. The van der Waals surface area contributed by atoms with Gasteiger partial charge in [-0.3, -0.25) is 0 Å². The maximum Gasteiger partial charge on any atom is 0.203 e. The fourth-order valence-electron chi connectivity index (χ4n) is 2.04. The van der Waals surface area contributed by atoms with E-state index in [2.05, 4.69) is 34.9 Å². The average Bonchev–Trinajstić information content (AvgIpc) is 2.65. The number of unbranched alkanes of at least 4 members (excludes halogenated alkanes) is 3. The molecule has 1 unspecified atom stereocenters. The standard InChI is InChI=1S/C13H25N3/c1-5-6-7-8-9-12(3)16-10-11(2)15-13(16)14-4/h10,12H,5-9H2,1-4H3,(H,14,15). The van der Waals surface area contributed by atoms with Gasteiger partial charge in [0.15, 0.2) is 0 Å². The number of hydrogen-bond donors (Lipinski definition) is 1. The highest BCUT2D eigenvalue weighted by Gasteiger charge is 2.10. The molecule has 0 amide bonds. The van der Waals surface area contributed by atoms with Crippen molar-refractivity contribution in [1.82, 2.24) is 9.55 Å². The van der Waals surface area contributed by atoms with Crippen LogP contribution >= 0.6 is 0 Å². The van der Waals surface area contributed by atoms with Crippen molar-refractivity contribution in [2.24, 2.45) is 0 Å². The van der Waals surface area contributed by atoms with Gasteiger partial charge in [-0.15, -0.1) is 0 Å². The molecule has 1 aromatic rings. The van der Waals surface area contributed by atoms with Crippen LogP contribution in [0.5, 0.6) is 0 Å². The first-order valence-electron chi connectivity index (χ1n) is 6.42. The minimum atomic E-state index is 0.542. The smallest absolute Gasteiger partial charge is 0.203 e. The Balaban J connectivity index is 2.48. The molecule has 3 heteroatoms. The molecule has 16 heavy (non-hydrogen) atoms. The van der Waals surface area contributed by atoms with Crippen molar-refractivity contribution >= 4 is 5.95 Å². The van der Waals surface area contributed by atoms with E-state index in [0.717, 1.165) is 11.6 Å². The van der Waals surface area contributed by atoms with Crippen molar-refractivity contribution in [2.45, 2.75) is 58.9 Å². The van der Waals surface area contributed by atoms with E-state index in [1.807, 2.05) is 14.0 Å². The second-order valence-electron chi connectivity index (χ2n) is 4.56. The summed E-state index contributed by atoms with van der Waals surface area (Å²) >= 11 is 0. The first-order chi connectivity index (χ1) is 7.69. The first-order valence-corrected chi connectivity index (χ1v) is 6.42. The summed E-state index contributed by atoms with van der Waals surface area (Å²) in [6, 6.07) is 0.542. The summed E-state index contributed by atoms with van der Waals surface area (Å²) in [4.78, 5) is 4.45. The Hall–Kier alpha value is -0.990. The van der Waals surface area contributed by atoms with E-state index in [1.165, 1.54) is 32.1 Å². The first kappa shape index (κ1) is 13.1. The number of nitrogens with zero attached hydrogens (tertiary/aromatic N) is 2. The SMILES string of the molecule is CCCCCCC(C)n1cc(C)nc1NC. The monoisotopic (exact) mass is 223 g/mol. The molecule has 1 atom stereocenters. The third kappa shape index (κ3) is 3.54. The molecular weight excluding hydrogens is 198 g/mol. The summed E-state index contributed by atoms with van der Waals surface area (Å²) in [6.45, 7) is 6.57. The third-order valence-electron chi connectivity index (χ3n) is 3.03. The molecule has 0 bridgehead atoms. The maximum atomic E-state index is 4.45. The van der Waals surface area contributed by atoms with Crippen LogP contribution in [0.15, 0.2) is 6.20 Å². The van der Waals surface area contributed by atoms with Crippen molar-refractivity contribution in [3.8, 4) is 0 Å². The van der Waals surface area contributed by atoms with Crippen LogP contribution in [-0.4, -0.2) is 16.6 Å². The summed E-state index contributed by atoms with van der Waals surface area (Å²) in [6.07, 6.45) is 8.70. The number of rotatable bonds is 7. The highest BCUT2D eigenvalue weighted by Crippen LogP contribution is 2.20. The van der Waals surface area contributed by atoms with Gasteiger partial charge in [0.25, 0.3) is 0 Å². The minimum Gasteiger partial charge on any atom is -0.359 e. The lowest BCUT2D eigenvalue weighted by Crippen LogP contribution is -2.08. The molecule has 0 radical (unpaired) electrons. The zero-order valence-corrected chi connectivity index (χ0v) is 11.1. The molecule has 0 spiro atoms. The molecule has 0 saturated heterocycles. The van der Waals surface area contributed by atoms with Gasteiger partial charge in [-0.2, -0.15) is 0 Å². The van der Waals surface area contributed by atoms with Crippen LogP contribution in [0, 0.1) is 6.92 Å². The fourth-order valence-corrected chi connectivity index (χ4v) is 2.04. The minimum absolute atomic E-state index is 0.542. The van der Waals surface area contributed by atoms with Crippen LogP contribution in [0.25, 0.3) is 0 Å². The van der Waals surface area contributed by atoms with E-state index in [-0.39, 0.29) is 0 Å². The molecule has 0 fully saturated rings. The quantitative estimate of drug-likeness (QED) is 0.713. The van der Waals surface area contributed by atoms with Gasteiger partial charge in [0, 0.05) is 19.3 Å². The van der Waals surface area contributed by atoms with Crippen LogP contribution in [0.1, 0.15) is 57.7 Å². The molecule has 0 saturated carbocycles. The average molecular weight is 223 g/mol. The Labute approximate surface area is 99.3 Å². The zero-order chi connectivity index (χ0) is 12.0. The molecule has 3 nitrogen and oxygen atoms in total. The van der Waals surface area contributed by atoms with E-state index in [9.17, 15) is 0 Å². The van der Waals surface area contributed by atoms with Crippen molar-refractivity contribution < 1.29 is 0 Å². The van der Waals surface area contributed by atoms with Gasteiger partial charge >= 0.3 is 0 Å². The molecule has 1 aromatic heterocycles. The summed E-state index contributed by atoms with van der Waals surface area (Å²) in [5, 5.41) is 3.15. The fraction of sp³-hybridized carbons (Fsp3) is 0.769. The van der Waals surface area contributed by atoms with Crippen LogP contribution in [0.2, 0.25) is 0 Å². The number of hydrogen-bond acceptors (Lipinski definition) is 2. The molecule has 1 heterocycles. The summed E-state index contributed by atoms with van der Waals surface area (Å²) < 4.78 is 2.25. The predicted molar refractivity (Wildman–Crippen MR) is 70.0 cm³/mol. The van der Waals surface area contributed by atoms with Crippen LogP contribution in [0.3, 0.4) is 0 Å². The number of aromatic nitrogens is 2. The van der Waals surface area contributed by atoms with Crippen LogP contribution < -0.4 is 5.32 Å². The van der Waals surface area contributed by atoms with Crippen LogP contribution in [0.4, 0.5) is 5.95 Å². The van der Waals surface area contributed by atoms with Gasteiger partial charge in [-0.1, -0.05) is 32.6 Å². The van der Waals surface area contributed by atoms with Crippen molar-refractivity contribution in [3.63, 3.8) is 0 Å². The molecule has 0 aromatic carbocycles. The number of imidazole rings is 1. The van der Waals surface area contributed by atoms with Crippen molar-refractivity contribution in [2.75, 3.05) is 12.4 Å². The number of nitrogens with one attached hydrogen (secondary N) is 1. The van der Waals surface area contributed by atoms with Gasteiger partial charge in [0.05, 0.1) is 5.69 Å². The third-order valence-corrected chi connectivity index (χ3v) is 3.03. The lowest BCUT2D eigenvalue weighted by atomic mass is 10.1. The van der Waals surface area contributed by atoms with Gasteiger partial charge < -0.3 is 9.88 Å². The lowest BCUT2D eigenvalue weighted by Gasteiger charge is -2.15. The zero-order valence-electron chi connectivity index (χ0n) is 11.1. The Morgan fingerprint density at radius 2 is 2.12 bits per heavy atom. The van der Waals surface area contributed by atoms with Gasteiger partial charge in [0.2, 0.25) is 5.95 Å². The number of aryl methyl sites for hydroxylation is 1. The Morgan fingerprint density at radius 1 is 1.38 bits per heavy atom. The highest BCUT2D eigenvalue weighted by atomic mass is 15.2. The van der Waals surface area contributed by atoms with E-state index < -0.39 is 0 Å². The predicted octanol–water partition coefficient (Wildman–Crippen LogP) is 3.76. The largest absolute Gasteiger partial charge is 0.359 e. The summed E-state index contributed by atoms with van der Waals surface area (Å²) in [5.41, 5.74) is 1.09. The van der Waals surface area contributed by atoms with E-state index in [0.29, 0.717) is 6.04 Å². The van der Waals surface area contributed by atoms with Gasteiger partial charge in [-0.05, 0) is 20.3 Å². The normalized spacial score (nSPS) is 12.8. The van der Waals surface area contributed by atoms with E-state index in [4.69, 9.17) is 0 Å². The van der Waals surface area contributed by atoms with Gasteiger partial charge in [-0.25, -0.2) is 4.98 Å². The molecule has 1 rings (SSSR count). The van der Waals surface area contributed by atoms with Gasteiger partial charge in [0.1, 0.15) is 0 Å². The van der Waals surface area contributed by atoms with E-state index >= 15 is 0 Å². The molecule has 0 aliphatic heterocycles. The summed E-state index contributed by atoms with van der Waals surface area (Å²) in [5.74, 6) is 0.987. The molecule has 92 valence electrons. The molecular formula is C13H25N3. The van der Waals surface area contributed by atoms with Crippen LogP contribution in [-0.2, 0) is 0 Å².